The molecule has 0 radical (unpaired) electrons. The van der Waals surface area contributed by atoms with E-state index in [1.807, 2.05) is 56.3 Å². The van der Waals surface area contributed by atoms with Gasteiger partial charge in [-0.2, -0.15) is 0 Å². The molecule has 1 saturated heterocycles. The van der Waals surface area contributed by atoms with Crippen LogP contribution < -0.4 is 24.3 Å². The molecule has 1 N–H and O–H groups in total. The Balaban J connectivity index is 1.45. The number of alkyl carbamates (subject to hydrolysis) is 1. The van der Waals surface area contributed by atoms with Crippen molar-refractivity contribution in [2.24, 2.45) is 5.92 Å². The molecule has 1 fully saturated rings. The minimum Gasteiger partial charge on any atom is -0.497 e. The van der Waals surface area contributed by atoms with Crippen LogP contribution in [-0.2, 0) is 19.1 Å². The van der Waals surface area contributed by atoms with Crippen molar-refractivity contribution in [2.45, 2.75) is 64.8 Å². The van der Waals surface area contributed by atoms with Crippen molar-refractivity contribution in [3.63, 3.8) is 0 Å². The zero-order valence-electron chi connectivity index (χ0n) is 26.5. The van der Waals surface area contributed by atoms with Crippen molar-refractivity contribution in [1.82, 2.24) is 15.2 Å². The maximum Gasteiger partial charge on any atom is 0.408 e. The Morgan fingerprint density at radius 1 is 1.02 bits per heavy atom. The molecular formula is C33H39N3O9. The van der Waals surface area contributed by atoms with E-state index in [1.54, 1.807) is 27.9 Å². The second kappa shape index (κ2) is 12.7. The first-order valence-corrected chi connectivity index (χ1v) is 14.8. The van der Waals surface area contributed by atoms with E-state index in [0.29, 0.717) is 34.2 Å². The Bertz CT molecular complexity index is 1600. The Morgan fingerprint density at radius 2 is 1.78 bits per heavy atom. The molecule has 3 atom stereocenters. The van der Waals surface area contributed by atoms with Gasteiger partial charge in [-0.25, -0.2) is 14.6 Å². The van der Waals surface area contributed by atoms with Crippen molar-refractivity contribution >= 4 is 28.9 Å². The molecule has 0 spiro atoms. The van der Waals surface area contributed by atoms with E-state index in [4.69, 9.17) is 33.4 Å². The van der Waals surface area contributed by atoms with Crippen LogP contribution in [-0.4, -0.2) is 79.2 Å². The lowest BCUT2D eigenvalue weighted by Gasteiger charge is -2.30. The third kappa shape index (κ3) is 7.00. The quantitative estimate of drug-likeness (QED) is 0.353. The van der Waals surface area contributed by atoms with Gasteiger partial charge in [0.05, 0.1) is 32.0 Å². The largest absolute Gasteiger partial charge is 0.497 e. The number of carbonyl (C=O) groups excluding carboxylic acids is 3. The van der Waals surface area contributed by atoms with Gasteiger partial charge in [0.2, 0.25) is 12.7 Å². The standard InChI is InChI=1S/C33H39N3O9/c1-18(2)29(35-32(39)45-33(3,4)5)30(37)36-16-21(14-25(36)31(38)41-7)44-27-15-23(19-8-11-26-28(12-19)43-17-42-26)34-24-13-20(40-6)9-10-22(24)27/h8-13,15,18,21,25,29H,14,16-17H2,1-7H3,(H,35,39)/t21-,25+,29+/m1/s1. The molecule has 2 amide bonds. The third-order valence-electron chi connectivity index (χ3n) is 7.57. The number of rotatable bonds is 8. The first-order chi connectivity index (χ1) is 21.4. The van der Waals surface area contributed by atoms with Crippen molar-refractivity contribution in [3.05, 3.63) is 42.5 Å². The van der Waals surface area contributed by atoms with Crippen LogP contribution in [0.2, 0.25) is 0 Å². The number of benzene rings is 2. The number of likely N-dealkylation sites (tertiary alicyclic amines) is 1. The normalized spacial score (nSPS) is 18.1. The second-order valence-electron chi connectivity index (χ2n) is 12.3. The lowest BCUT2D eigenvalue weighted by molar-refractivity contribution is -0.152. The highest BCUT2D eigenvalue weighted by Gasteiger charge is 2.44. The smallest absolute Gasteiger partial charge is 0.408 e. The minimum atomic E-state index is -0.933. The van der Waals surface area contributed by atoms with Gasteiger partial charge in [-0.3, -0.25) is 4.79 Å². The molecule has 0 bridgehead atoms. The summed E-state index contributed by atoms with van der Waals surface area (Å²) in [6.45, 7) is 9.09. The summed E-state index contributed by atoms with van der Waals surface area (Å²) in [5.74, 6) is 1.14. The summed E-state index contributed by atoms with van der Waals surface area (Å²) >= 11 is 0. The number of nitrogens with zero attached hydrogens (tertiary/aromatic N) is 2. The number of nitrogens with one attached hydrogen (secondary N) is 1. The zero-order chi connectivity index (χ0) is 32.5. The maximum atomic E-state index is 13.9. The molecule has 45 heavy (non-hydrogen) atoms. The van der Waals surface area contributed by atoms with Gasteiger partial charge in [-0.15, -0.1) is 0 Å². The van der Waals surface area contributed by atoms with Crippen LogP contribution in [0, 0.1) is 5.92 Å². The van der Waals surface area contributed by atoms with E-state index in [1.165, 1.54) is 12.0 Å². The lowest BCUT2D eigenvalue weighted by atomic mass is 10.0. The van der Waals surface area contributed by atoms with E-state index >= 15 is 0 Å². The molecule has 12 nitrogen and oxygen atoms in total. The highest BCUT2D eigenvalue weighted by Crippen LogP contribution is 2.39. The van der Waals surface area contributed by atoms with Crippen molar-refractivity contribution in [2.75, 3.05) is 27.6 Å². The number of ether oxygens (including phenoxy) is 6. The molecule has 2 aliphatic rings. The predicted octanol–water partition coefficient (Wildman–Crippen LogP) is 4.71. The number of carbonyl (C=O) groups is 3. The minimum absolute atomic E-state index is 0.0944. The first kappa shape index (κ1) is 31.7. The van der Waals surface area contributed by atoms with Crippen molar-refractivity contribution < 1.29 is 42.8 Å². The number of fused-ring (bicyclic) bond motifs is 2. The fourth-order valence-corrected chi connectivity index (χ4v) is 5.40. The van der Waals surface area contributed by atoms with E-state index < -0.39 is 41.8 Å². The summed E-state index contributed by atoms with van der Waals surface area (Å²) < 4.78 is 33.5. The summed E-state index contributed by atoms with van der Waals surface area (Å²) in [6, 6.07) is 11.0. The molecule has 3 heterocycles. The fraction of sp³-hybridized carbons (Fsp3) is 0.455. The van der Waals surface area contributed by atoms with E-state index in [9.17, 15) is 14.4 Å². The summed E-state index contributed by atoms with van der Waals surface area (Å²) in [4.78, 5) is 45.7. The molecule has 0 saturated carbocycles. The van der Waals surface area contributed by atoms with Gasteiger partial charge in [0.1, 0.15) is 35.3 Å². The number of aromatic nitrogens is 1. The molecule has 3 aromatic rings. The molecular weight excluding hydrogens is 582 g/mol. The maximum absolute atomic E-state index is 13.9. The fourth-order valence-electron chi connectivity index (χ4n) is 5.40. The molecule has 1 aromatic heterocycles. The number of esters is 1. The molecule has 5 rings (SSSR count). The van der Waals surface area contributed by atoms with Crippen LogP contribution in [0.25, 0.3) is 22.2 Å². The zero-order valence-corrected chi connectivity index (χ0v) is 26.5. The average molecular weight is 622 g/mol. The summed E-state index contributed by atoms with van der Waals surface area (Å²) in [6.07, 6.45) is -1.09. The second-order valence-corrected chi connectivity index (χ2v) is 12.3. The predicted molar refractivity (Wildman–Crippen MR) is 164 cm³/mol. The molecule has 240 valence electrons. The molecule has 2 aliphatic heterocycles. The van der Waals surface area contributed by atoms with Crippen LogP contribution in [0.1, 0.15) is 41.0 Å². The number of hydrogen-bond acceptors (Lipinski definition) is 10. The van der Waals surface area contributed by atoms with Gasteiger partial charge < -0.3 is 38.6 Å². The summed E-state index contributed by atoms with van der Waals surface area (Å²) in [7, 11) is 2.86. The topological polar surface area (TPSA) is 135 Å². The molecule has 12 heteroatoms. The van der Waals surface area contributed by atoms with E-state index in [-0.39, 0.29) is 25.7 Å². The number of methoxy groups -OCH3 is 2. The van der Waals surface area contributed by atoms with Crippen LogP contribution in [0.5, 0.6) is 23.0 Å². The van der Waals surface area contributed by atoms with Crippen LogP contribution in [0.15, 0.2) is 42.5 Å². The van der Waals surface area contributed by atoms with Gasteiger partial charge in [0.15, 0.2) is 11.5 Å². The SMILES string of the molecule is COC(=O)[C@@H]1C[C@@H](Oc2cc(-c3ccc4c(c3)OCO4)nc3cc(OC)ccc23)CN1C(=O)[C@@H](NC(=O)OC(C)(C)C)C(C)C. The van der Waals surface area contributed by atoms with Gasteiger partial charge in [-0.1, -0.05) is 13.8 Å². The summed E-state index contributed by atoms with van der Waals surface area (Å²) in [5.41, 5.74) is 1.31. The van der Waals surface area contributed by atoms with Gasteiger partial charge >= 0.3 is 12.1 Å². The van der Waals surface area contributed by atoms with Crippen LogP contribution >= 0.6 is 0 Å². The number of hydrogen-bond donors (Lipinski definition) is 1. The molecule has 0 unspecified atom stereocenters. The van der Waals surface area contributed by atoms with Crippen LogP contribution in [0.4, 0.5) is 4.79 Å². The van der Waals surface area contributed by atoms with E-state index in [2.05, 4.69) is 5.32 Å². The Kier molecular flexibility index (Phi) is 8.94. The van der Waals surface area contributed by atoms with Crippen LogP contribution in [0.3, 0.4) is 0 Å². The van der Waals surface area contributed by atoms with E-state index in [0.717, 1.165) is 10.9 Å². The Labute approximate surface area is 261 Å². The Hall–Kier alpha value is -4.74. The van der Waals surface area contributed by atoms with Crippen molar-refractivity contribution in [3.8, 4) is 34.3 Å². The van der Waals surface area contributed by atoms with Crippen molar-refractivity contribution in [1.29, 1.82) is 0 Å². The third-order valence-corrected chi connectivity index (χ3v) is 7.57. The van der Waals surface area contributed by atoms with Gasteiger partial charge in [0, 0.05) is 29.5 Å². The van der Waals surface area contributed by atoms with Gasteiger partial charge in [0.25, 0.3) is 0 Å². The number of amides is 2. The molecule has 0 aliphatic carbocycles. The Morgan fingerprint density at radius 3 is 2.47 bits per heavy atom. The summed E-state index contributed by atoms with van der Waals surface area (Å²) in [5, 5.41) is 3.41. The first-order valence-electron chi connectivity index (χ1n) is 14.8. The average Bonchev–Trinajstić information content (AvgIpc) is 3.64. The lowest BCUT2D eigenvalue weighted by Crippen LogP contribution is -2.54. The molecule has 2 aromatic carbocycles. The van der Waals surface area contributed by atoms with Gasteiger partial charge in [-0.05, 0) is 57.0 Å². The number of pyridine rings is 1. The highest BCUT2D eigenvalue weighted by atomic mass is 16.7. The monoisotopic (exact) mass is 621 g/mol. The highest BCUT2D eigenvalue weighted by molar-refractivity contribution is 5.91.